The summed E-state index contributed by atoms with van der Waals surface area (Å²) in [5.41, 5.74) is 6.99. The van der Waals surface area contributed by atoms with Crippen LogP contribution in [0.15, 0.2) is 17.0 Å². The number of benzene rings is 1. The van der Waals surface area contributed by atoms with Crippen LogP contribution in [-0.2, 0) is 30.8 Å². The van der Waals surface area contributed by atoms with E-state index in [1.165, 1.54) is 24.8 Å². The number of ether oxygens (including phenoxy) is 1. The number of amides is 1. The van der Waals surface area contributed by atoms with Gasteiger partial charge in [-0.3, -0.25) is 9.59 Å². The summed E-state index contributed by atoms with van der Waals surface area (Å²) >= 11 is 7.86. The number of carbonyl (C=O) groups is 2. The van der Waals surface area contributed by atoms with Crippen LogP contribution in [0.2, 0.25) is 5.02 Å². The highest BCUT2D eigenvalue weighted by molar-refractivity contribution is 7.99. The lowest BCUT2D eigenvalue weighted by Gasteiger charge is -2.35. The molecule has 1 aromatic carbocycles. The Labute approximate surface area is 236 Å². The standard InChI is InChI=1S/C26H41ClN4O5S2/c1-18(32)36-11-7-19-5-9-31(10-6-19)25(33)22(16-37-12-4-8-28)30-38(34,35)23-14-21(27)13-20-15-26(2,3)17-29-24(20)23/h13-14,19,22,29-30H,4-12,15-17,28H2,1-3H3. The largest absolute Gasteiger partial charge is 0.466 e. The van der Waals surface area contributed by atoms with Crippen molar-refractivity contribution in [2.75, 3.05) is 49.6 Å². The summed E-state index contributed by atoms with van der Waals surface area (Å²) in [6, 6.07) is 2.35. The molecule has 1 saturated heterocycles. The molecule has 0 saturated carbocycles. The number of rotatable bonds is 12. The summed E-state index contributed by atoms with van der Waals surface area (Å²) in [5.74, 6) is 0.898. The third kappa shape index (κ3) is 8.74. The average Bonchev–Trinajstić information content (AvgIpc) is 2.84. The van der Waals surface area contributed by atoms with E-state index < -0.39 is 16.1 Å². The number of nitrogens with two attached hydrogens (primary N) is 1. The lowest BCUT2D eigenvalue weighted by Crippen LogP contribution is -2.52. The topological polar surface area (TPSA) is 131 Å². The van der Waals surface area contributed by atoms with Crippen molar-refractivity contribution in [3.8, 4) is 0 Å². The van der Waals surface area contributed by atoms with Gasteiger partial charge < -0.3 is 20.7 Å². The number of fused-ring (bicyclic) bond motifs is 1. The highest BCUT2D eigenvalue weighted by Gasteiger charge is 2.35. The molecular weight excluding hydrogens is 548 g/mol. The Hall–Kier alpha value is -1.53. The molecule has 1 fully saturated rings. The number of thioether (sulfide) groups is 1. The normalized spacial score (nSPS) is 18.4. The molecule has 0 spiro atoms. The molecule has 0 bridgehead atoms. The number of nitrogens with zero attached hydrogens (tertiary/aromatic N) is 1. The van der Waals surface area contributed by atoms with Gasteiger partial charge in [0.15, 0.2) is 0 Å². The van der Waals surface area contributed by atoms with Crippen LogP contribution in [0.3, 0.4) is 0 Å². The van der Waals surface area contributed by atoms with Gasteiger partial charge in [0, 0.05) is 37.3 Å². The summed E-state index contributed by atoms with van der Waals surface area (Å²) in [4.78, 5) is 26.4. The van der Waals surface area contributed by atoms with Gasteiger partial charge in [-0.05, 0) is 73.4 Å². The third-order valence-electron chi connectivity index (χ3n) is 6.98. The van der Waals surface area contributed by atoms with E-state index in [4.69, 9.17) is 22.1 Å². The fourth-order valence-corrected chi connectivity index (χ4v) is 7.77. The first-order valence-corrected chi connectivity index (χ1v) is 16.2. The zero-order chi connectivity index (χ0) is 27.9. The third-order valence-corrected chi connectivity index (χ3v) is 9.84. The van der Waals surface area contributed by atoms with Crippen LogP contribution in [0.4, 0.5) is 5.69 Å². The van der Waals surface area contributed by atoms with Gasteiger partial charge >= 0.3 is 5.97 Å². The number of piperidine rings is 1. The number of sulfonamides is 1. The summed E-state index contributed by atoms with van der Waals surface area (Å²) in [6.07, 6.45) is 3.81. The Kier molecular flexibility index (Phi) is 11.2. The Balaban J connectivity index is 1.74. The molecule has 1 atom stereocenters. The molecule has 3 rings (SSSR count). The van der Waals surface area contributed by atoms with Gasteiger partial charge in [0.1, 0.15) is 10.9 Å². The molecule has 0 aliphatic carbocycles. The molecule has 214 valence electrons. The van der Waals surface area contributed by atoms with E-state index in [2.05, 4.69) is 23.9 Å². The summed E-state index contributed by atoms with van der Waals surface area (Å²) in [7, 11) is -4.05. The summed E-state index contributed by atoms with van der Waals surface area (Å²) < 4.78 is 35.1. The van der Waals surface area contributed by atoms with Crippen LogP contribution in [0.5, 0.6) is 0 Å². The van der Waals surface area contributed by atoms with Crippen LogP contribution < -0.4 is 15.8 Å². The van der Waals surface area contributed by atoms with Gasteiger partial charge in [0.2, 0.25) is 15.9 Å². The van der Waals surface area contributed by atoms with Gasteiger partial charge in [-0.1, -0.05) is 25.4 Å². The molecule has 0 aromatic heterocycles. The molecule has 1 unspecified atom stereocenters. The van der Waals surface area contributed by atoms with Crippen molar-refractivity contribution in [2.45, 2.75) is 63.8 Å². The first-order valence-electron chi connectivity index (χ1n) is 13.2. The van der Waals surface area contributed by atoms with Gasteiger partial charge in [-0.15, -0.1) is 0 Å². The minimum atomic E-state index is -4.05. The van der Waals surface area contributed by atoms with E-state index in [0.29, 0.717) is 61.6 Å². The fourth-order valence-electron chi connectivity index (χ4n) is 4.92. The first kappa shape index (κ1) is 31.0. The van der Waals surface area contributed by atoms with Gasteiger partial charge in [0.05, 0.1) is 12.3 Å². The van der Waals surface area contributed by atoms with Crippen molar-refractivity contribution >= 4 is 50.9 Å². The van der Waals surface area contributed by atoms with Gasteiger partial charge in [-0.2, -0.15) is 16.5 Å². The molecule has 38 heavy (non-hydrogen) atoms. The molecule has 0 radical (unpaired) electrons. The van der Waals surface area contributed by atoms with E-state index in [-0.39, 0.29) is 22.2 Å². The van der Waals surface area contributed by atoms with Crippen LogP contribution in [-0.4, -0.2) is 75.5 Å². The number of anilines is 1. The van der Waals surface area contributed by atoms with E-state index >= 15 is 0 Å². The molecule has 1 aromatic rings. The number of halogens is 1. The number of hydrogen-bond donors (Lipinski definition) is 3. The molecule has 4 N–H and O–H groups in total. The lowest BCUT2D eigenvalue weighted by molar-refractivity contribution is -0.141. The maximum atomic E-state index is 13.7. The number of esters is 1. The van der Waals surface area contributed by atoms with Crippen LogP contribution >= 0.6 is 23.4 Å². The van der Waals surface area contributed by atoms with E-state index in [1.54, 1.807) is 11.0 Å². The van der Waals surface area contributed by atoms with Crippen molar-refractivity contribution in [2.24, 2.45) is 17.1 Å². The fraction of sp³-hybridized carbons (Fsp3) is 0.692. The maximum Gasteiger partial charge on any atom is 0.302 e. The predicted molar refractivity (Wildman–Crippen MR) is 153 cm³/mol. The van der Waals surface area contributed by atoms with E-state index in [0.717, 1.165) is 37.0 Å². The number of carbonyl (C=O) groups excluding carboxylic acids is 2. The van der Waals surface area contributed by atoms with Gasteiger partial charge in [0.25, 0.3) is 0 Å². The van der Waals surface area contributed by atoms with E-state index in [9.17, 15) is 18.0 Å². The monoisotopic (exact) mass is 588 g/mol. The van der Waals surface area contributed by atoms with Crippen molar-refractivity contribution in [1.82, 2.24) is 9.62 Å². The van der Waals surface area contributed by atoms with Crippen LogP contribution in [0.1, 0.15) is 52.0 Å². The number of likely N-dealkylation sites (tertiary alicyclic amines) is 1. The second-order valence-electron chi connectivity index (χ2n) is 10.9. The van der Waals surface area contributed by atoms with E-state index in [1.807, 2.05) is 0 Å². The molecule has 9 nitrogen and oxygen atoms in total. The minimum absolute atomic E-state index is 0.0331. The van der Waals surface area contributed by atoms with Crippen molar-refractivity contribution in [3.05, 3.63) is 22.7 Å². The Morgan fingerprint density at radius 3 is 2.68 bits per heavy atom. The lowest BCUT2D eigenvalue weighted by atomic mass is 9.82. The quantitative estimate of drug-likeness (QED) is 0.250. The Bertz CT molecular complexity index is 1090. The average molecular weight is 589 g/mol. The SMILES string of the molecule is CC(=O)OCCC1CCN(C(=O)C(CSCCCN)NS(=O)(=O)c2cc(Cl)cc3c2NCC(C)(C)C3)CC1. The molecule has 12 heteroatoms. The Morgan fingerprint density at radius 1 is 1.32 bits per heavy atom. The predicted octanol–water partition coefficient (Wildman–Crippen LogP) is 3.25. The van der Waals surface area contributed by atoms with Crippen LogP contribution in [0.25, 0.3) is 0 Å². The zero-order valence-electron chi connectivity index (χ0n) is 22.6. The highest BCUT2D eigenvalue weighted by atomic mass is 35.5. The second-order valence-corrected chi connectivity index (χ2v) is 14.2. The van der Waals surface area contributed by atoms with Crippen LogP contribution in [0, 0.1) is 11.3 Å². The zero-order valence-corrected chi connectivity index (χ0v) is 24.9. The summed E-state index contributed by atoms with van der Waals surface area (Å²) in [5, 5.41) is 3.63. The molecule has 1 amide bonds. The van der Waals surface area contributed by atoms with Crippen molar-refractivity contribution < 1.29 is 22.7 Å². The maximum absolute atomic E-state index is 13.7. The van der Waals surface area contributed by atoms with Crippen molar-refractivity contribution in [3.63, 3.8) is 0 Å². The summed E-state index contributed by atoms with van der Waals surface area (Å²) in [6.45, 7) is 8.25. The Morgan fingerprint density at radius 2 is 2.03 bits per heavy atom. The molecule has 2 aliphatic rings. The highest BCUT2D eigenvalue weighted by Crippen LogP contribution is 2.38. The molecule has 2 heterocycles. The number of hydrogen-bond acceptors (Lipinski definition) is 8. The number of nitrogens with one attached hydrogen (secondary N) is 2. The van der Waals surface area contributed by atoms with Crippen molar-refractivity contribution in [1.29, 1.82) is 0 Å². The smallest absolute Gasteiger partial charge is 0.302 e. The molecule has 2 aliphatic heterocycles. The molecular formula is C26H41ClN4O5S2. The first-order chi connectivity index (χ1) is 17.9. The second kappa shape index (κ2) is 13.7. The van der Waals surface area contributed by atoms with Gasteiger partial charge in [-0.25, -0.2) is 8.42 Å². The minimum Gasteiger partial charge on any atom is -0.466 e.